The molecule has 140 valence electrons. The second kappa shape index (κ2) is 7.53. The van der Waals surface area contributed by atoms with Crippen LogP contribution in [0.25, 0.3) is 6.08 Å². The van der Waals surface area contributed by atoms with Crippen molar-refractivity contribution in [3.05, 3.63) is 41.5 Å². The van der Waals surface area contributed by atoms with E-state index >= 15 is 0 Å². The summed E-state index contributed by atoms with van der Waals surface area (Å²) < 4.78 is 0. The van der Waals surface area contributed by atoms with Crippen molar-refractivity contribution >= 4 is 12.0 Å². The summed E-state index contributed by atoms with van der Waals surface area (Å²) in [6.45, 7) is 3.28. The van der Waals surface area contributed by atoms with Crippen LogP contribution in [0.3, 0.4) is 0 Å². The molecule has 0 heterocycles. The second-order valence-corrected chi connectivity index (χ2v) is 8.73. The van der Waals surface area contributed by atoms with Crippen LogP contribution in [-0.4, -0.2) is 17.2 Å². The average Bonchev–Trinajstić information content (AvgIpc) is 2.64. The fraction of sp³-hybridized carbons (Fsp3) is 0.591. The van der Waals surface area contributed by atoms with Crippen molar-refractivity contribution in [3.63, 3.8) is 0 Å². The van der Waals surface area contributed by atoms with E-state index in [4.69, 9.17) is 5.21 Å². The van der Waals surface area contributed by atoms with Gasteiger partial charge in [-0.25, -0.2) is 5.48 Å². The predicted octanol–water partition coefficient (Wildman–Crippen LogP) is 3.76. The zero-order valence-corrected chi connectivity index (χ0v) is 15.5. The molecule has 0 aliphatic heterocycles. The Morgan fingerprint density at radius 3 is 2.31 bits per heavy atom. The standard InChI is InChI=1S/C22H30N2O2/c1-14(22-19-9-17-8-18(11-19)12-20(22)10-17)23-13-16-4-2-15(3-5-16)6-7-21(25)24-26/h2-7,14,17-20,22-23,26H,8-13H2,1H3,(H,24,25). The molecule has 1 aromatic rings. The lowest BCUT2D eigenvalue weighted by atomic mass is 9.50. The van der Waals surface area contributed by atoms with Crippen LogP contribution in [0.1, 0.15) is 50.2 Å². The third-order valence-corrected chi connectivity index (χ3v) is 7.02. The number of amides is 1. The summed E-state index contributed by atoms with van der Waals surface area (Å²) in [5.74, 6) is 4.34. The Morgan fingerprint density at radius 2 is 1.73 bits per heavy atom. The Morgan fingerprint density at radius 1 is 1.12 bits per heavy atom. The Hall–Kier alpha value is -1.65. The van der Waals surface area contributed by atoms with E-state index in [-0.39, 0.29) is 0 Å². The fourth-order valence-corrected chi connectivity index (χ4v) is 6.15. The Balaban J connectivity index is 1.31. The molecule has 4 bridgehead atoms. The fourth-order valence-electron chi connectivity index (χ4n) is 6.15. The molecule has 4 fully saturated rings. The van der Waals surface area contributed by atoms with Gasteiger partial charge in [-0.1, -0.05) is 24.3 Å². The average molecular weight is 354 g/mol. The predicted molar refractivity (Wildman–Crippen MR) is 102 cm³/mol. The zero-order chi connectivity index (χ0) is 18.1. The maximum Gasteiger partial charge on any atom is 0.267 e. The molecule has 5 rings (SSSR count). The number of rotatable bonds is 6. The number of hydrogen-bond acceptors (Lipinski definition) is 3. The third kappa shape index (κ3) is 3.72. The first-order valence-electron chi connectivity index (χ1n) is 10.1. The highest BCUT2D eigenvalue weighted by atomic mass is 16.5. The highest BCUT2D eigenvalue weighted by Gasteiger charge is 2.49. The summed E-state index contributed by atoms with van der Waals surface area (Å²) in [5.41, 5.74) is 3.82. The molecule has 4 nitrogen and oxygen atoms in total. The first kappa shape index (κ1) is 17.7. The smallest absolute Gasteiger partial charge is 0.267 e. The minimum Gasteiger partial charge on any atom is -0.310 e. The number of hydroxylamine groups is 1. The number of hydrogen-bond donors (Lipinski definition) is 3. The van der Waals surface area contributed by atoms with Gasteiger partial charge in [-0.15, -0.1) is 0 Å². The summed E-state index contributed by atoms with van der Waals surface area (Å²) >= 11 is 0. The van der Waals surface area contributed by atoms with E-state index in [1.54, 1.807) is 11.6 Å². The van der Waals surface area contributed by atoms with Gasteiger partial charge in [0, 0.05) is 18.7 Å². The van der Waals surface area contributed by atoms with E-state index in [0.717, 1.165) is 41.7 Å². The van der Waals surface area contributed by atoms with Crippen molar-refractivity contribution in [2.45, 2.75) is 51.6 Å². The SMILES string of the molecule is CC(NCc1ccc(C=CC(=O)NO)cc1)C1C2CC3CC(C2)CC1C3. The third-order valence-electron chi connectivity index (χ3n) is 7.02. The van der Waals surface area contributed by atoms with Crippen LogP contribution in [0.5, 0.6) is 0 Å². The normalized spacial score (nSPS) is 33.5. The Kier molecular flexibility index (Phi) is 5.14. The lowest BCUT2D eigenvalue weighted by Gasteiger charge is -2.56. The molecule has 0 spiro atoms. The highest BCUT2D eigenvalue weighted by Crippen LogP contribution is 2.57. The van der Waals surface area contributed by atoms with Gasteiger partial charge in [0.1, 0.15) is 0 Å². The Labute approximate surface area is 156 Å². The number of benzene rings is 1. The summed E-state index contributed by atoms with van der Waals surface area (Å²) in [6.07, 6.45) is 10.4. The van der Waals surface area contributed by atoms with Crippen molar-refractivity contribution in [1.29, 1.82) is 0 Å². The topological polar surface area (TPSA) is 61.4 Å². The van der Waals surface area contributed by atoms with Gasteiger partial charge < -0.3 is 5.32 Å². The monoisotopic (exact) mass is 354 g/mol. The van der Waals surface area contributed by atoms with Gasteiger partial charge in [-0.3, -0.25) is 10.0 Å². The van der Waals surface area contributed by atoms with Gasteiger partial charge in [0.2, 0.25) is 0 Å². The largest absolute Gasteiger partial charge is 0.310 e. The van der Waals surface area contributed by atoms with Crippen molar-refractivity contribution in [2.24, 2.45) is 29.6 Å². The first-order chi connectivity index (χ1) is 12.6. The lowest BCUT2D eigenvalue weighted by molar-refractivity contribution is -0.124. The van der Waals surface area contributed by atoms with E-state index in [1.165, 1.54) is 43.7 Å². The van der Waals surface area contributed by atoms with Gasteiger partial charge in [-0.05, 0) is 85.8 Å². The molecule has 4 aliphatic carbocycles. The molecule has 4 saturated carbocycles. The van der Waals surface area contributed by atoms with E-state index in [2.05, 4.69) is 24.4 Å². The minimum absolute atomic E-state index is 0.514. The number of carbonyl (C=O) groups excluding carboxylic acids is 1. The molecule has 1 atom stereocenters. The van der Waals surface area contributed by atoms with Gasteiger partial charge in [0.15, 0.2) is 0 Å². The van der Waals surface area contributed by atoms with Crippen LogP contribution < -0.4 is 10.8 Å². The molecular formula is C22H30N2O2. The van der Waals surface area contributed by atoms with Crippen molar-refractivity contribution in [1.82, 2.24) is 10.8 Å². The molecular weight excluding hydrogens is 324 g/mol. The zero-order valence-electron chi connectivity index (χ0n) is 15.5. The molecule has 4 heteroatoms. The highest BCUT2D eigenvalue weighted by molar-refractivity contribution is 5.90. The van der Waals surface area contributed by atoms with Gasteiger partial charge >= 0.3 is 0 Å². The molecule has 1 amide bonds. The van der Waals surface area contributed by atoms with Crippen LogP contribution in [0, 0.1) is 29.6 Å². The van der Waals surface area contributed by atoms with Crippen LogP contribution in [0.2, 0.25) is 0 Å². The molecule has 1 unspecified atom stereocenters. The van der Waals surface area contributed by atoms with Crippen LogP contribution in [-0.2, 0) is 11.3 Å². The number of carbonyl (C=O) groups is 1. The number of nitrogens with one attached hydrogen (secondary N) is 2. The van der Waals surface area contributed by atoms with Crippen molar-refractivity contribution < 1.29 is 10.0 Å². The van der Waals surface area contributed by atoms with Gasteiger partial charge in [-0.2, -0.15) is 0 Å². The molecule has 26 heavy (non-hydrogen) atoms. The molecule has 0 aromatic heterocycles. The summed E-state index contributed by atoms with van der Waals surface area (Å²) in [4.78, 5) is 11.0. The summed E-state index contributed by atoms with van der Waals surface area (Å²) in [5, 5.41) is 12.3. The quantitative estimate of drug-likeness (QED) is 0.414. The molecule has 0 radical (unpaired) electrons. The first-order valence-corrected chi connectivity index (χ1v) is 10.1. The van der Waals surface area contributed by atoms with Gasteiger partial charge in [0.05, 0.1) is 0 Å². The molecule has 1 aromatic carbocycles. The second-order valence-electron chi connectivity index (χ2n) is 8.73. The van der Waals surface area contributed by atoms with Crippen molar-refractivity contribution in [3.8, 4) is 0 Å². The van der Waals surface area contributed by atoms with E-state index < -0.39 is 5.91 Å². The van der Waals surface area contributed by atoms with E-state index in [1.807, 2.05) is 12.1 Å². The van der Waals surface area contributed by atoms with E-state index in [0.29, 0.717) is 6.04 Å². The van der Waals surface area contributed by atoms with Gasteiger partial charge in [0.25, 0.3) is 5.91 Å². The lowest BCUT2D eigenvalue weighted by Crippen LogP contribution is -2.51. The summed E-state index contributed by atoms with van der Waals surface area (Å²) in [6, 6.07) is 8.80. The minimum atomic E-state index is -0.514. The van der Waals surface area contributed by atoms with Crippen LogP contribution >= 0.6 is 0 Å². The maximum atomic E-state index is 11.0. The molecule has 3 N–H and O–H groups in total. The van der Waals surface area contributed by atoms with E-state index in [9.17, 15) is 4.79 Å². The maximum absolute atomic E-state index is 11.0. The van der Waals surface area contributed by atoms with Crippen LogP contribution in [0.15, 0.2) is 30.3 Å². The Bertz CT molecular complexity index is 639. The van der Waals surface area contributed by atoms with Crippen molar-refractivity contribution in [2.75, 3.05) is 0 Å². The molecule has 0 saturated heterocycles. The molecule has 4 aliphatic rings. The summed E-state index contributed by atoms with van der Waals surface area (Å²) in [7, 11) is 0. The van der Waals surface area contributed by atoms with Crippen LogP contribution in [0.4, 0.5) is 0 Å².